The van der Waals surface area contributed by atoms with E-state index in [9.17, 15) is 0 Å². The number of halogens is 6. The summed E-state index contributed by atoms with van der Waals surface area (Å²) in [6, 6.07) is 7.30. The Hall–Kier alpha value is 0.360. The van der Waals surface area contributed by atoms with Crippen LogP contribution in [0.1, 0.15) is 11.1 Å². The van der Waals surface area contributed by atoms with Crippen molar-refractivity contribution in [3.8, 4) is 11.5 Å². The molecule has 0 radical (unpaired) electrons. The molecule has 0 atom stereocenters. The predicted molar refractivity (Wildman–Crippen MR) is 108 cm³/mol. The van der Waals surface area contributed by atoms with Crippen LogP contribution in [0.5, 0.6) is 11.5 Å². The number of hydrogen-bond donors (Lipinski definition) is 0. The summed E-state index contributed by atoms with van der Waals surface area (Å²) in [5.74, 6) is 0.701. The van der Waals surface area contributed by atoms with Crippen molar-refractivity contribution in [2.24, 2.45) is 0 Å². The van der Waals surface area contributed by atoms with Gasteiger partial charge < -0.3 is 4.74 Å². The number of benzene rings is 2. The van der Waals surface area contributed by atoms with Gasteiger partial charge in [0.25, 0.3) is 0 Å². The summed E-state index contributed by atoms with van der Waals surface area (Å²) in [6.45, 7) is 0. The Balaban J connectivity index is 2.36. The van der Waals surface area contributed by atoms with E-state index in [1.165, 1.54) is 0 Å². The Kier molecular flexibility index (Phi) is 7.84. The SMILES string of the molecule is Clc1cc(CCBr)cc(Cl)c1Oc1c(Cl)cc(CCBr)cc1Cl. The van der Waals surface area contributed by atoms with Gasteiger partial charge >= 0.3 is 0 Å². The van der Waals surface area contributed by atoms with Crippen molar-refractivity contribution in [2.45, 2.75) is 12.8 Å². The Bertz CT molecular complexity index is 601. The molecule has 0 N–H and O–H groups in total. The van der Waals surface area contributed by atoms with Crippen LogP contribution < -0.4 is 4.74 Å². The zero-order chi connectivity index (χ0) is 17.0. The highest BCUT2D eigenvalue weighted by Crippen LogP contribution is 2.43. The van der Waals surface area contributed by atoms with Crippen LogP contribution in [0.4, 0.5) is 0 Å². The molecule has 0 aliphatic carbocycles. The van der Waals surface area contributed by atoms with E-state index in [1.807, 2.05) is 24.3 Å². The molecule has 0 aromatic heterocycles. The summed E-state index contributed by atoms with van der Waals surface area (Å²) < 4.78 is 5.82. The number of hydrogen-bond acceptors (Lipinski definition) is 1. The van der Waals surface area contributed by atoms with Crippen LogP contribution in [-0.2, 0) is 12.8 Å². The fourth-order valence-corrected chi connectivity index (χ4v) is 4.16. The van der Waals surface area contributed by atoms with Gasteiger partial charge in [-0.15, -0.1) is 0 Å². The van der Waals surface area contributed by atoms with E-state index < -0.39 is 0 Å². The lowest BCUT2D eigenvalue weighted by Gasteiger charge is -2.14. The smallest absolute Gasteiger partial charge is 0.164 e. The summed E-state index contributed by atoms with van der Waals surface area (Å²) >= 11 is 31.9. The van der Waals surface area contributed by atoms with E-state index in [0.29, 0.717) is 31.6 Å². The first-order chi connectivity index (χ1) is 11.0. The van der Waals surface area contributed by atoms with Gasteiger partial charge in [0.15, 0.2) is 11.5 Å². The van der Waals surface area contributed by atoms with Crippen molar-refractivity contribution in [3.05, 3.63) is 55.5 Å². The van der Waals surface area contributed by atoms with Crippen molar-refractivity contribution in [1.29, 1.82) is 0 Å². The second-order valence-corrected chi connectivity index (χ2v) is 7.97. The van der Waals surface area contributed by atoms with Gasteiger partial charge in [-0.3, -0.25) is 0 Å². The molecule has 0 saturated heterocycles. The van der Waals surface area contributed by atoms with Crippen molar-refractivity contribution >= 4 is 78.3 Å². The number of aryl methyl sites for hydroxylation is 2. The molecule has 7 heteroatoms. The Morgan fingerprint density at radius 3 is 1.22 bits per heavy atom. The highest BCUT2D eigenvalue weighted by molar-refractivity contribution is 9.09. The quantitative estimate of drug-likeness (QED) is 0.350. The topological polar surface area (TPSA) is 9.23 Å². The summed E-state index contributed by atoms with van der Waals surface area (Å²) in [5.41, 5.74) is 2.04. The standard InChI is InChI=1S/C16H12Br2Cl4O/c17-3-1-9-5-11(19)15(12(20)6-9)23-16-13(21)7-10(2-4-18)8-14(16)22/h5-8H,1-4H2. The molecule has 0 amide bonds. The molecular formula is C16H12Br2Cl4O. The second-order valence-electron chi connectivity index (χ2n) is 4.76. The molecule has 23 heavy (non-hydrogen) atoms. The third-order valence-corrected chi connectivity index (χ3v) is 5.00. The molecule has 2 aromatic carbocycles. The predicted octanol–water partition coefficient (Wildman–Crippen LogP) is 7.97. The molecule has 124 valence electrons. The van der Waals surface area contributed by atoms with E-state index >= 15 is 0 Å². The van der Waals surface area contributed by atoms with Crippen LogP contribution in [0.3, 0.4) is 0 Å². The summed E-state index contributed by atoms with van der Waals surface area (Å²) in [4.78, 5) is 0. The van der Waals surface area contributed by atoms with E-state index in [-0.39, 0.29) is 0 Å². The fourth-order valence-electron chi connectivity index (χ4n) is 2.03. The van der Waals surface area contributed by atoms with Crippen LogP contribution in [0.2, 0.25) is 20.1 Å². The molecule has 0 unspecified atom stereocenters. The average Bonchev–Trinajstić information content (AvgIpc) is 2.45. The summed E-state index contributed by atoms with van der Waals surface area (Å²) in [5, 5.41) is 3.34. The van der Waals surface area contributed by atoms with E-state index in [0.717, 1.165) is 34.6 Å². The van der Waals surface area contributed by atoms with Gasteiger partial charge in [-0.2, -0.15) is 0 Å². The minimum Gasteiger partial charge on any atom is -0.451 e. The van der Waals surface area contributed by atoms with Crippen molar-refractivity contribution in [2.75, 3.05) is 10.7 Å². The maximum absolute atomic E-state index is 6.29. The summed E-state index contributed by atoms with van der Waals surface area (Å²) in [6.07, 6.45) is 1.64. The van der Waals surface area contributed by atoms with Crippen LogP contribution in [0.15, 0.2) is 24.3 Å². The normalized spacial score (nSPS) is 10.9. The first-order valence-electron chi connectivity index (χ1n) is 6.72. The fraction of sp³-hybridized carbons (Fsp3) is 0.250. The molecule has 0 fully saturated rings. The van der Waals surface area contributed by atoms with Crippen LogP contribution in [0.25, 0.3) is 0 Å². The van der Waals surface area contributed by atoms with Gasteiger partial charge in [0, 0.05) is 10.7 Å². The number of alkyl halides is 2. The van der Waals surface area contributed by atoms with Crippen molar-refractivity contribution in [3.63, 3.8) is 0 Å². The number of rotatable bonds is 6. The van der Waals surface area contributed by atoms with Gasteiger partial charge in [0.2, 0.25) is 0 Å². The van der Waals surface area contributed by atoms with Gasteiger partial charge in [0.1, 0.15) is 0 Å². The molecule has 0 aliphatic heterocycles. The van der Waals surface area contributed by atoms with Gasteiger partial charge in [-0.05, 0) is 48.2 Å². The van der Waals surface area contributed by atoms with E-state index in [1.54, 1.807) is 0 Å². The zero-order valence-electron chi connectivity index (χ0n) is 11.8. The monoisotopic (exact) mass is 518 g/mol. The Morgan fingerprint density at radius 1 is 0.652 bits per heavy atom. The minimum atomic E-state index is 0.351. The summed E-state index contributed by atoms with van der Waals surface area (Å²) in [7, 11) is 0. The third-order valence-electron chi connectivity index (χ3n) is 3.09. The van der Waals surface area contributed by atoms with Gasteiger partial charge in [-0.1, -0.05) is 78.3 Å². The molecule has 0 aliphatic rings. The lowest BCUT2D eigenvalue weighted by molar-refractivity contribution is 0.483. The molecule has 0 bridgehead atoms. The molecule has 2 rings (SSSR count). The molecule has 1 nitrogen and oxygen atoms in total. The molecule has 2 aromatic rings. The first kappa shape index (κ1) is 19.7. The van der Waals surface area contributed by atoms with Crippen molar-refractivity contribution in [1.82, 2.24) is 0 Å². The minimum absolute atomic E-state index is 0.351. The Labute approximate surface area is 172 Å². The first-order valence-corrected chi connectivity index (χ1v) is 10.5. The lowest BCUT2D eigenvalue weighted by Crippen LogP contribution is -1.94. The average molecular weight is 522 g/mol. The van der Waals surface area contributed by atoms with Gasteiger partial charge in [-0.25, -0.2) is 0 Å². The largest absolute Gasteiger partial charge is 0.451 e. The van der Waals surface area contributed by atoms with Crippen LogP contribution >= 0.6 is 78.3 Å². The molecular weight excluding hydrogens is 510 g/mol. The highest BCUT2D eigenvalue weighted by Gasteiger charge is 2.16. The maximum atomic E-state index is 6.29. The molecule has 0 spiro atoms. The second kappa shape index (κ2) is 9.17. The van der Waals surface area contributed by atoms with Crippen molar-refractivity contribution < 1.29 is 4.74 Å². The Morgan fingerprint density at radius 2 is 0.957 bits per heavy atom. The zero-order valence-corrected chi connectivity index (χ0v) is 18.0. The highest BCUT2D eigenvalue weighted by atomic mass is 79.9. The number of ether oxygens (including phenoxy) is 1. The lowest BCUT2D eigenvalue weighted by atomic mass is 10.1. The van der Waals surface area contributed by atoms with Crippen LogP contribution in [-0.4, -0.2) is 10.7 Å². The maximum Gasteiger partial charge on any atom is 0.164 e. The molecule has 0 heterocycles. The third kappa shape index (κ3) is 5.17. The molecule has 0 saturated carbocycles. The van der Waals surface area contributed by atoms with E-state index in [4.69, 9.17) is 51.1 Å². The van der Waals surface area contributed by atoms with E-state index in [2.05, 4.69) is 31.9 Å². The van der Waals surface area contributed by atoms with Gasteiger partial charge in [0.05, 0.1) is 20.1 Å². The van der Waals surface area contributed by atoms with Crippen LogP contribution in [0, 0.1) is 0 Å².